The van der Waals surface area contributed by atoms with Crippen molar-refractivity contribution in [3.05, 3.63) is 28.9 Å². The zero-order chi connectivity index (χ0) is 10.6. The molecule has 0 saturated carbocycles. The molecule has 1 aromatic rings. The van der Waals surface area contributed by atoms with Crippen LogP contribution in [-0.4, -0.2) is 11.5 Å². The number of rotatable bonds is 3. The van der Waals surface area contributed by atoms with Gasteiger partial charge < -0.3 is 11.1 Å². The minimum absolute atomic E-state index is 0.429. The van der Waals surface area contributed by atoms with E-state index in [4.69, 9.17) is 11.0 Å². The highest BCUT2D eigenvalue weighted by molar-refractivity contribution is 9.11. The van der Waals surface area contributed by atoms with Crippen molar-refractivity contribution in [2.45, 2.75) is 0 Å². The molecule has 0 fully saturated rings. The molecule has 1 aromatic heterocycles. The molecule has 14 heavy (non-hydrogen) atoms. The third-order valence-electron chi connectivity index (χ3n) is 1.48. The molecule has 5 heteroatoms. The highest BCUT2D eigenvalue weighted by Crippen LogP contribution is 2.14. The Labute approximate surface area is 90.6 Å². The Bertz CT molecular complexity index is 394. The zero-order valence-corrected chi connectivity index (χ0v) is 9.00. The fraction of sp³-hybridized carbons (Fsp3) is 0.111. The minimum Gasteiger partial charge on any atom is -0.397 e. The SMILES string of the molecule is C=C(Br)CNc1ncc(N)cc1C#N. The van der Waals surface area contributed by atoms with Crippen molar-refractivity contribution in [2.24, 2.45) is 0 Å². The molecular formula is C9H9BrN4. The van der Waals surface area contributed by atoms with Gasteiger partial charge in [-0.2, -0.15) is 5.26 Å². The van der Waals surface area contributed by atoms with E-state index in [2.05, 4.69) is 32.8 Å². The number of nitrogen functional groups attached to an aromatic ring is 1. The lowest BCUT2D eigenvalue weighted by Crippen LogP contribution is -2.05. The summed E-state index contributed by atoms with van der Waals surface area (Å²) in [5, 5.41) is 11.7. The molecular weight excluding hydrogens is 244 g/mol. The molecule has 4 nitrogen and oxygen atoms in total. The number of nitriles is 1. The van der Waals surface area contributed by atoms with Crippen LogP contribution in [0.2, 0.25) is 0 Å². The van der Waals surface area contributed by atoms with Crippen molar-refractivity contribution in [3.8, 4) is 6.07 Å². The average Bonchev–Trinajstić information content (AvgIpc) is 2.15. The zero-order valence-electron chi connectivity index (χ0n) is 7.42. The number of aromatic nitrogens is 1. The Hall–Kier alpha value is -1.54. The highest BCUT2D eigenvalue weighted by atomic mass is 79.9. The van der Waals surface area contributed by atoms with Gasteiger partial charge in [-0.05, 0) is 6.07 Å². The van der Waals surface area contributed by atoms with Gasteiger partial charge in [0.1, 0.15) is 11.9 Å². The van der Waals surface area contributed by atoms with Crippen LogP contribution in [0.3, 0.4) is 0 Å². The van der Waals surface area contributed by atoms with Crippen molar-refractivity contribution < 1.29 is 0 Å². The van der Waals surface area contributed by atoms with Crippen LogP contribution >= 0.6 is 15.9 Å². The third-order valence-corrected chi connectivity index (χ3v) is 1.76. The second-order valence-electron chi connectivity index (χ2n) is 2.65. The average molecular weight is 253 g/mol. The molecule has 0 saturated heterocycles. The van der Waals surface area contributed by atoms with Crippen molar-refractivity contribution in [3.63, 3.8) is 0 Å². The van der Waals surface area contributed by atoms with E-state index in [0.29, 0.717) is 23.6 Å². The summed E-state index contributed by atoms with van der Waals surface area (Å²) in [6, 6.07) is 3.59. The number of halogens is 1. The van der Waals surface area contributed by atoms with Gasteiger partial charge in [0.25, 0.3) is 0 Å². The van der Waals surface area contributed by atoms with Gasteiger partial charge in [-0.15, -0.1) is 0 Å². The Kier molecular flexibility index (Phi) is 3.48. The summed E-state index contributed by atoms with van der Waals surface area (Å²) in [5.74, 6) is 0.516. The van der Waals surface area contributed by atoms with E-state index in [1.54, 1.807) is 6.07 Å². The second kappa shape index (κ2) is 4.63. The van der Waals surface area contributed by atoms with Gasteiger partial charge >= 0.3 is 0 Å². The van der Waals surface area contributed by atoms with E-state index in [0.717, 1.165) is 4.48 Å². The van der Waals surface area contributed by atoms with Gasteiger partial charge in [0.2, 0.25) is 0 Å². The number of pyridine rings is 1. The quantitative estimate of drug-likeness (QED) is 0.862. The molecule has 0 aliphatic rings. The Morgan fingerprint density at radius 2 is 2.50 bits per heavy atom. The van der Waals surface area contributed by atoms with Gasteiger partial charge in [-0.1, -0.05) is 22.5 Å². The molecule has 3 N–H and O–H groups in total. The van der Waals surface area contributed by atoms with E-state index >= 15 is 0 Å². The van der Waals surface area contributed by atoms with Gasteiger partial charge in [-0.25, -0.2) is 4.98 Å². The lowest BCUT2D eigenvalue weighted by atomic mass is 10.2. The van der Waals surface area contributed by atoms with E-state index < -0.39 is 0 Å². The molecule has 72 valence electrons. The van der Waals surface area contributed by atoms with Gasteiger partial charge in [0.05, 0.1) is 17.4 Å². The van der Waals surface area contributed by atoms with Crippen LogP contribution < -0.4 is 11.1 Å². The smallest absolute Gasteiger partial charge is 0.144 e. The minimum atomic E-state index is 0.429. The number of hydrogen-bond donors (Lipinski definition) is 2. The van der Waals surface area contributed by atoms with Crippen LogP contribution in [0.1, 0.15) is 5.56 Å². The fourth-order valence-corrected chi connectivity index (χ4v) is 1.03. The Morgan fingerprint density at radius 1 is 1.79 bits per heavy atom. The molecule has 0 radical (unpaired) electrons. The number of nitrogens with one attached hydrogen (secondary N) is 1. The first-order valence-corrected chi connectivity index (χ1v) is 4.65. The Balaban J connectivity index is 2.87. The summed E-state index contributed by atoms with van der Waals surface area (Å²) in [6.07, 6.45) is 1.50. The van der Waals surface area contributed by atoms with E-state index in [1.165, 1.54) is 6.20 Å². The lowest BCUT2D eigenvalue weighted by molar-refractivity contribution is 1.21. The molecule has 0 aromatic carbocycles. The van der Waals surface area contributed by atoms with Crippen LogP contribution in [0.15, 0.2) is 23.3 Å². The predicted octanol–water partition coefficient (Wildman–Crippen LogP) is 1.86. The van der Waals surface area contributed by atoms with Crippen molar-refractivity contribution in [1.29, 1.82) is 5.26 Å². The molecule has 0 bridgehead atoms. The topological polar surface area (TPSA) is 74.7 Å². The van der Waals surface area contributed by atoms with E-state index in [9.17, 15) is 0 Å². The molecule has 1 rings (SSSR count). The number of nitrogens with zero attached hydrogens (tertiary/aromatic N) is 2. The monoisotopic (exact) mass is 252 g/mol. The maximum Gasteiger partial charge on any atom is 0.144 e. The molecule has 0 spiro atoms. The van der Waals surface area contributed by atoms with E-state index in [-0.39, 0.29) is 0 Å². The predicted molar refractivity (Wildman–Crippen MR) is 59.9 cm³/mol. The van der Waals surface area contributed by atoms with Crippen molar-refractivity contribution in [1.82, 2.24) is 4.98 Å². The first kappa shape index (κ1) is 10.5. The summed E-state index contributed by atoms with van der Waals surface area (Å²) in [4.78, 5) is 4.00. The molecule has 0 unspecified atom stereocenters. The summed E-state index contributed by atoms with van der Waals surface area (Å²) in [5.41, 5.74) is 6.40. The third kappa shape index (κ3) is 2.75. The first-order valence-electron chi connectivity index (χ1n) is 3.86. The molecule has 0 atom stereocenters. The van der Waals surface area contributed by atoms with Crippen molar-refractivity contribution >= 4 is 27.4 Å². The summed E-state index contributed by atoms with van der Waals surface area (Å²) in [6.45, 7) is 4.18. The first-order chi connectivity index (χ1) is 6.63. The molecule has 0 amide bonds. The maximum absolute atomic E-state index is 8.79. The molecule has 1 heterocycles. The standard InChI is InChI=1S/C9H9BrN4/c1-6(10)4-13-9-7(3-11)2-8(12)5-14-9/h2,5H,1,4,12H2,(H,13,14). The molecule has 0 aliphatic carbocycles. The Morgan fingerprint density at radius 3 is 3.07 bits per heavy atom. The van der Waals surface area contributed by atoms with Crippen LogP contribution in [-0.2, 0) is 0 Å². The van der Waals surface area contributed by atoms with Crippen LogP contribution in [0.4, 0.5) is 11.5 Å². The second-order valence-corrected chi connectivity index (χ2v) is 3.77. The van der Waals surface area contributed by atoms with Crippen LogP contribution in [0, 0.1) is 11.3 Å². The van der Waals surface area contributed by atoms with Gasteiger partial charge in [0.15, 0.2) is 0 Å². The highest BCUT2D eigenvalue weighted by Gasteiger charge is 2.03. The van der Waals surface area contributed by atoms with Gasteiger partial charge in [-0.3, -0.25) is 0 Å². The van der Waals surface area contributed by atoms with Crippen LogP contribution in [0.25, 0.3) is 0 Å². The number of nitrogens with two attached hydrogens (primary N) is 1. The normalized spacial score (nSPS) is 9.14. The lowest BCUT2D eigenvalue weighted by Gasteiger charge is -2.06. The van der Waals surface area contributed by atoms with Crippen molar-refractivity contribution in [2.75, 3.05) is 17.6 Å². The summed E-state index contributed by atoms with van der Waals surface area (Å²) >= 11 is 3.20. The molecule has 0 aliphatic heterocycles. The van der Waals surface area contributed by atoms with Gasteiger partial charge in [0, 0.05) is 11.0 Å². The van der Waals surface area contributed by atoms with Crippen LogP contribution in [0.5, 0.6) is 0 Å². The van der Waals surface area contributed by atoms with E-state index in [1.807, 2.05) is 6.07 Å². The summed E-state index contributed by atoms with van der Waals surface area (Å²) < 4.78 is 0.792. The summed E-state index contributed by atoms with van der Waals surface area (Å²) in [7, 11) is 0. The largest absolute Gasteiger partial charge is 0.397 e. The number of hydrogen-bond acceptors (Lipinski definition) is 4. The maximum atomic E-state index is 8.79. The number of anilines is 2. The fourth-order valence-electron chi connectivity index (χ4n) is 0.887.